The molecule has 1 N–H and O–H groups in total. The quantitative estimate of drug-likeness (QED) is 0.852. The van der Waals surface area contributed by atoms with Gasteiger partial charge in [-0.15, -0.1) is 0 Å². The normalized spacial score (nSPS) is 17.2. The van der Waals surface area contributed by atoms with Crippen LogP contribution < -0.4 is 4.90 Å². The second kappa shape index (κ2) is 5.30. The highest BCUT2D eigenvalue weighted by molar-refractivity contribution is 5.85. The third-order valence-corrected chi connectivity index (χ3v) is 3.36. The molecule has 1 fully saturated rings. The maximum Gasteiger partial charge on any atom is 0.356 e. The number of hydrogen-bond donors (Lipinski definition) is 1. The standard InChI is InChI=1S/C12H18N4O2/c1-15(2)9-3-5-16(6-4-9)11-8-13-7-10(14-11)12(17)18/h7-9H,3-6H2,1-2H3,(H,17,18). The smallest absolute Gasteiger partial charge is 0.356 e. The zero-order valence-corrected chi connectivity index (χ0v) is 10.7. The summed E-state index contributed by atoms with van der Waals surface area (Å²) in [6, 6.07) is 0.594. The second-order valence-corrected chi connectivity index (χ2v) is 4.75. The summed E-state index contributed by atoms with van der Waals surface area (Å²) < 4.78 is 0. The van der Waals surface area contributed by atoms with Gasteiger partial charge in [-0.2, -0.15) is 0 Å². The third-order valence-electron chi connectivity index (χ3n) is 3.36. The molecule has 98 valence electrons. The Kier molecular flexibility index (Phi) is 3.76. The minimum Gasteiger partial charge on any atom is -0.476 e. The van der Waals surface area contributed by atoms with Crippen molar-refractivity contribution < 1.29 is 9.90 Å². The van der Waals surface area contributed by atoms with Gasteiger partial charge in [0.25, 0.3) is 0 Å². The molecule has 18 heavy (non-hydrogen) atoms. The van der Waals surface area contributed by atoms with Crippen LogP contribution in [0, 0.1) is 0 Å². The third kappa shape index (κ3) is 2.76. The van der Waals surface area contributed by atoms with Crippen molar-refractivity contribution in [1.82, 2.24) is 14.9 Å². The fraction of sp³-hybridized carbons (Fsp3) is 0.583. The molecule has 0 bridgehead atoms. The zero-order valence-electron chi connectivity index (χ0n) is 10.7. The Morgan fingerprint density at radius 2 is 2.06 bits per heavy atom. The predicted octanol–water partition coefficient (Wildman–Crippen LogP) is 0.705. The molecule has 1 aliphatic rings. The van der Waals surface area contributed by atoms with Crippen LogP contribution in [-0.4, -0.2) is 59.2 Å². The van der Waals surface area contributed by atoms with E-state index >= 15 is 0 Å². The van der Waals surface area contributed by atoms with Gasteiger partial charge in [-0.3, -0.25) is 4.98 Å². The minimum absolute atomic E-state index is 0.00207. The Hall–Kier alpha value is -1.69. The van der Waals surface area contributed by atoms with Gasteiger partial charge in [0.05, 0.1) is 12.4 Å². The summed E-state index contributed by atoms with van der Waals surface area (Å²) in [4.78, 5) is 23.2. The van der Waals surface area contributed by atoms with Crippen LogP contribution in [0.5, 0.6) is 0 Å². The number of nitrogens with zero attached hydrogens (tertiary/aromatic N) is 4. The second-order valence-electron chi connectivity index (χ2n) is 4.75. The average Bonchev–Trinajstić information content (AvgIpc) is 2.39. The molecule has 0 amide bonds. The van der Waals surface area contributed by atoms with E-state index in [0.717, 1.165) is 25.9 Å². The van der Waals surface area contributed by atoms with Crippen LogP contribution in [0.2, 0.25) is 0 Å². The maximum atomic E-state index is 10.8. The lowest BCUT2D eigenvalue weighted by Crippen LogP contribution is -2.42. The van der Waals surface area contributed by atoms with Crippen LogP contribution in [0.4, 0.5) is 5.82 Å². The number of carboxylic acid groups (broad SMARTS) is 1. The molecule has 6 heteroatoms. The molecule has 0 spiro atoms. The van der Waals surface area contributed by atoms with Crippen LogP contribution in [0.3, 0.4) is 0 Å². The van der Waals surface area contributed by atoms with Crippen molar-refractivity contribution in [3.8, 4) is 0 Å². The molecule has 1 aromatic rings. The summed E-state index contributed by atoms with van der Waals surface area (Å²) in [5, 5.41) is 8.89. The van der Waals surface area contributed by atoms with E-state index in [1.165, 1.54) is 6.20 Å². The summed E-state index contributed by atoms with van der Waals surface area (Å²) in [7, 11) is 4.18. The number of hydrogen-bond acceptors (Lipinski definition) is 5. The molecular weight excluding hydrogens is 232 g/mol. The van der Waals surface area contributed by atoms with Gasteiger partial charge in [-0.1, -0.05) is 0 Å². The van der Waals surface area contributed by atoms with E-state index in [-0.39, 0.29) is 5.69 Å². The van der Waals surface area contributed by atoms with Crippen molar-refractivity contribution in [2.24, 2.45) is 0 Å². The Morgan fingerprint density at radius 3 is 2.61 bits per heavy atom. The largest absolute Gasteiger partial charge is 0.476 e. The topological polar surface area (TPSA) is 69.6 Å². The number of piperidine rings is 1. The lowest BCUT2D eigenvalue weighted by Gasteiger charge is -2.35. The summed E-state index contributed by atoms with van der Waals surface area (Å²) >= 11 is 0. The summed E-state index contributed by atoms with van der Waals surface area (Å²) in [6.45, 7) is 1.78. The monoisotopic (exact) mass is 250 g/mol. The Labute approximate surface area is 106 Å². The molecule has 2 heterocycles. The number of aromatic carboxylic acids is 1. The highest BCUT2D eigenvalue weighted by Gasteiger charge is 2.22. The Balaban J connectivity index is 2.05. The molecule has 1 saturated heterocycles. The first kappa shape index (κ1) is 12.8. The van der Waals surface area contributed by atoms with Gasteiger partial charge < -0.3 is 14.9 Å². The number of anilines is 1. The number of carboxylic acids is 1. The van der Waals surface area contributed by atoms with E-state index in [1.807, 2.05) is 0 Å². The van der Waals surface area contributed by atoms with Gasteiger partial charge in [-0.25, -0.2) is 9.78 Å². The minimum atomic E-state index is -1.03. The molecule has 0 aromatic carbocycles. The van der Waals surface area contributed by atoms with E-state index in [1.54, 1.807) is 6.20 Å². The molecule has 1 aliphatic heterocycles. The molecule has 0 atom stereocenters. The highest BCUT2D eigenvalue weighted by atomic mass is 16.4. The van der Waals surface area contributed by atoms with Crippen molar-refractivity contribution in [3.63, 3.8) is 0 Å². The number of aromatic nitrogens is 2. The van der Waals surface area contributed by atoms with E-state index in [0.29, 0.717) is 11.9 Å². The number of rotatable bonds is 3. The van der Waals surface area contributed by atoms with Crippen molar-refractivity contribution >= 4 is 11.8 Å². The van der Waals surface area contributed by atoms with Crippen molar-refractivity contribution in [2.45, 2.75) is 18.9 Å². The summed E-state index contributed by atoms with van der Waals surface area (Å²) in [6.07, 6.45) is 5.03. The van der Waals surface area contributed by atoms with Crippen LogP contribution in [-0.2, 0) is 0 Å². The number of carbonyl (C=O) groups is 1. The van der Waals surface area contributed by atoms with E-state index in [2.05, 4.69) is 33.9 Å². The van der Waals surface area contributed by atoms with Gasteiger partial charge in [0.1, 0.15) is 5.82 Å². The zero-order chi connectivity index (χ0) is 13.1. The highest BCUT2D eigenvalue weighted by Crippen LogP contribution is 2.19. The first-order chi connectivity index (χ1) is 8.58. The Morgan fingerprint density at radius 1 is 1.39 bits per heavy atom. The molecule has 0 aliphatic carbocycles. The van der Waals surface area contributed by atoms with Crippen LogP contribution in [0.1, 0.15) is 23.3 Å². The predicted molar refractivity (Wildman–Crippen MR) is 67.9 cm³/mol. The first-order valence-electron chi connectivity index (χ1n) is 6.04. The lowest BCUT2D eigenvalue weighted by atomic mass is 10.0. The van der Waals surface area contributed by atoms with Crippen molar-refractivity contribution in [1.29, 1.82) is 0 Å². The molecule has 2 rings (SSSR count). The van der Waals surface area contributed by atoms with Gasteiger partial charge in [0, 0.05) is 19.1 Å². The van der Waals surface area contributed by atoms with E-state index in [4.69, 9.17) is 5.11 Å². The summed E-state index contributed by atoms with van der Waals surface area (Å²) in [5.74, 6) is -0.375. The van der Waals surface area contributed by atoms with E-state index < -0.39 is 5.97 Å². The lowest BCUT2D eigenvalue weighted by molar-refractivity contribution is 0.0690. The Bertz CT molecular complexity index is 428. The van der Waals surface area contributed by atoms with E-state index in [9.17, 15) is 4.79 Å². The molecule has 1 aromatic heterocycles. The first-order valence-corrected chi connectivity index (χ1v) is 6.04. The van der Waals surface area contributed by atoms with Crippen LogP contribution >= 0.6 is 0 Å². The van der Waals surface area contributed by atoms with Gasteiger partial charge in [0.15, 0.2) is 5.69 Å². The van der Waals surface area contributed by atoms with Crippen molar-refractivity contribution in [2.75, 3.05) is 32.1 Å². The summed E-state index contributed by atoms with van der Waals surface area (Å²) in [5.41, 5.74) is 0.00207. The van der Waals surface area contributed by atoms with Crippen LogP contribution in [0.25, 0.3) is 0 Å². The average molecular weight is 250 g/mol. The molecule has 6 nitrogen and oxygen atoms in total. The maximum absolute atomic E-state index is 10.8. The fourth-order valence-electron chi connectivity index (χ4n) is 2.22. The van der Waals surface area contributed by atoms with Gasteiger partial charge >= 0.3 is 5.97 Å². The van der Waals surface area contributed by atoms with Crippen LogP contribution in [0.15, 0.2) is 12.4 Å². The molecule has 0 saturated carbocycles. The van der Waals surface area contributed by atoms with Crippen molar-refractivity contribution in [3.05, 3.63) is 18.1 Å². The molecular formula is C12H18N4O2. The van der Waals surface area contributed by atoms with Gasteiger partial charge in [0.2, 0.25) is 0 Å². The molecule has 0 unspecified atom stereocenters. The SMILES string of the molecule is CN(C)C1CCN(c2cncc(C(=O)O)n2)CC1. The molecule has 0 radical (unpaired) electrons. The fourth-order valence-corrected chi connectivity index (χ4v) is 2.22. The van der Waals surface area contributed by atoms with Gasteiger partial charge in [-0.05, 0) is 26.9 Å².